The van der Waals surface area contributed by atoms with Crippen LogP contribution in [0.15, 0.2) is 24.3 Å². The molecule has 186 valence electrons. The molecule has 4 amide bonds. The fourth-order valence-corrected chi connectivity index (χ4v) is 3.99. The van der Waals surface area contributed by atoms with Crippen molar-refractivity contribution < 1.29 is 23.9 Å². The maximum absolute atomic E-state index is 13.2. The zero-order valence-corrected chi connectivity index (χ0v) is 20.0. The highest BCUT2D eigenvalue weighted by Gasteiger charge is 2.31. The van der Waals surface area contributed by atoms with Gasteiger partial charge in [-0.15, -0.1) is 0 Å². The lowest BCUT2D eigenvalue weighted by Gasteiger charge is -2.28. The van der Waals surface area contributed by atoms with Gasteiger partial charge < -0.3 is 20.4 Å². The fourth-order valence-electron chi connectivity index (χ4n) is 3.99. The Morgan fingerprint density at radius 2 is 2.09 bits per heavy atom. The quantitative estimate of drug-likeness (QED) is 0.394. The monoisotopic (exact) mass is 482 g/mol. The van der Waals surface area contributed by atoms with Gasteiger partial charge >= 0.3 is 0 Å². The molecule has 2 heterocycles. The molecule has 2 atom stereocenters. The van der Waals surface area contributed by atoms with Gasteiger partial charge in [0.1, 0.15) is 23.9 Å². The van der Waals surface area contributed by atoms with E-state index in [0.29, 0.717) is 30.7 Å². The zero-order chi connectivity index (χ0) is 25.5. The third-order valence-corrected chi connectivity index (χ3v) is 5.76. The first-order chi connectivity index (χ1) is 16.7. The molecule has 11 heteroatoms. The molecular formula is C24H30N6O5. The van der Waals surface area contributed by atoms with E-state index in [1.165, 1.54) is 0 Å². The Morgan fingerprint density at radius 1 is 1.31 bits per heavy atom. The van der Waals surface area contributed by atoms with E-state index in [1.54, 1.807) is 31.4 Å². The van der Waals surface area contributed by atoms with Crippen molar-refractivity contribution in [3.05, 3.63) is 30.0 Å². The first-order valence-corrected chi connectivity index (χ1v) is 11.5. The van der Waals surface area contributed by atoms with E-state index in [9.17, 15) is 19.2 Å². The maximum Gasteiger partial charge on any atom is 0.268 e. The number of nitrogens with zero attached hydrogens (tertiary/aromatic N) is 2. The summed E-state index contributed by atoms with van der Waals surface area (Å²) in [4.78, 5) is 53.7. The molecule has 35 heavy (non-hydrogen) atoms. The highest BCUT2D eigenvalue weighted by atomic mass is 16.5. The van der Waals surface area contributed by atoms with E-state index in [4.69, 9.17) is 10.00 Å². The molecule has 0 bridgehead atoms. The highest BCUT2D eigenvalue weighted by molar-refractivity contribution is 6.01. The number of methoxy groups -OCH3 is 1. The molecule has 1 saturated heterocycles. The number of nitrogens with one attached hydrogen (secondary N) is 4. The number of aromatic amines is 1. The van der Waals surface area contributed by atoms with Crippen LogP contribution in [0.25, 0.3) is 10.9 Å². The van der Waals surface area contributed by atoms with Crippen molar-refractivity contribution in [3.8, 4) is 11.8 Å². The lowest BCUT2D eigenvalue weighted by atomic mass is 10.0. The van der Waals surface area contributed by atoms with Gasteiger partial charge in [0.25, 0.3) is 17.7 Å². The molecular weight excluding hydrogens is 452 g/mol. The topological polar surface area (TPSA) is 156 Å². The molecule has 1 aromatic heterocycles. The van der Waals surface area contributed by atoms with Crippen molar-refractivity contribution in [1.82, 2.24) is 26.1 Å². The number of benzene rings is 1. The van der Waals surface area contributed by atoms with Crippen LogP contribution in [0, 0.1) is 23.2 Å². The number of hydrogen-bond donors (Lipinski definition) is 4. The molecule has 0 aliphatic carbocycles. The number of nitriles is 1. The Balaban J connectivity index is 1.77. The number of carbonyl (C=O) groups is 4. The van der Waals surface area contributed by atoms with E-state index in [0.717, 1.165) is 10.4 Å². The van der Waals surface area contributed by atoms with Crippen LogP contribution in [-0.2, 0) is 14.4 Å². The van der Waals surface area contributed by atoms with Gasteiger partial charge in [-0.1, -0.05) is 19.9 Å². The minimum atomic E-state index is -0.953. The predicted molar refractivity (Wildman–Crippen MR) is 127 cm³/mol. The number of H-pyrrole nitrogens is 1. The van der Waals surface area contributed by atoms with Gasteiger partial charge in [-0.25, -0.2) is 0 Å². The number of rotatable bonds is 9. The molecule has 1 fully saturated rings. The van der Waals surface area contributed by atoms with Crippen LogP contribution >= 0.6 is 0 Å². The smallest absolute Gasteiger partial charge is 0.268 e. The molecule has 4 N–H and O–H groups in total. The van der Waals surface area contributed by atoms with Gasteiger partial charge in [0.15, 0.2) is 0 Å². The van der Waals surface area contributed by atoms with Crippen molar-refractivity contribution in [3.63, 3.8) is 0 Å². The van der Waals surface area contributed by atoms with Crippen LogP contribution in [0.4, 0.5) is 0 Å². The third kappa shape index (κ3) is 6.29. The second-order valence-corrected chi connectivity index (χ2v) is 8.85. The number of hydrazine groups is 1. The number of fused-ring (bicyclic) bond motifs is 1. The SMILES string of the molecule is COc1cccc2[nH]c(C(=O)N[C@@H](CC(C)C)C(=O)NN(C[C@@H]3CCNC3=O)C(=O)CC#N)cc12. The average molecular weight is 483 g/mol. The maximum atomic E-state index is 13.2. The standard InChI is InChI=1S/C24H30N6O5/c1-14(2)11-18(28-23(33)19-12-16-17(27-19)5-4-6-20(16)35-3)24(34)29-30(21(31)7-9-25)13-15-8-10-26-22(15)32/h4-6,12,14-15,18,27H,7-8,10-11,13H2,1-3H3,(H,26,32)(H,28,33)(H,29,34)/t15-,18-/m0/s1. The zero-order valence-electron chi connectivity index (χ0n) is 20.0. The molecule has 1 aliphatic rings. The Kier molecular flexibility index (Phi) is 8.30. The number of amides is 4. The minimum absolute atomic E-state index is 0.0533. The molecule has 0 spiro atoms. The number of carbonyl (C=O) groups excluding carboxylic acids is 4. The Hall–Kier alpha value is -4.07. The van der Waals surface area contributed by atoms with Gasteiger partial charge in [-0.2, -0.15) is 5.26 Å². The Labute approximate surface area is 203 Å². The van der Waals surface area contributed by atoms with Crippen molar-refractivity contribution in [2.75, 3.05) is 20.2 Å². The Morgan fingerprint density at radius 3 is 2.71 bits per heavy atom. The highest BCUT2D eigenvalue weighted by Crippen LogP contribution is 2.26. The lowest BCUT2D eigenvalue weighted by molar-refractivity contribution is -0.143. The molecule has 1 aliphatic heterocycles. The van der Waals surface area contributed by atoms with Crippen LogP contribution in [-0.4, -0.2) is 59.9 Å². The number of hydrogen-bond acceptors (Lipinski definition) is 6. The van der Waals surface area contributed by atoms with E-state index in [-0.39, 0.29) is 24.1 Å². The fraction of sp³-hybridized carbons (Fsp3) is 0.458. The van der Waals surface area contributed by atoms with Crippen LogP contribution in [0.3, 0.4) is 0 Å². The van der Waals surface area contributed by atoms with Crippen LogP contribution in [0.5, 0.6) is 5.75 Å². The van der Waals surface area contributed by atoms with E-state index in [1.807, 2.05) is 19.9 Å². The van der Waals surface area contributed by atoms with Crippen LogP contribution in [0.1, 0.15) is 43.6 Å². The summed E-state index contributed by atoms with van der Waals surface area (Å²) in [6, 6.07) is 7.85. The molecule has 0 radical (unpaired) electrons. The number of ether oxygens (including phenoxy) is 1. The summed E-state index contributed by atoms with van der Waals surface area (Å²) in [6.45, 7) is 4.24. The Bertz CT molecular complexity index is 1150. The van der Waals surface area contributed by atoms with Gasteiger partial charge in [-0.05, 0) is 37.0 Å². The summed E-state index contributed by atoms with van der Waals surface area (Å²) in [5, 5.41) is 16.1. The second-order valence-electron chi connectivity index (χ2n) is 8.85. The number of aromatic nitrogens is 1. The first-order valence-electron chi connectivity index (χ1n) is 11.5. The van der Waals surface area contributed by atoms with Crippen molar-refractivity contribution >= 4 is 34.5 Å². The molecule has 11 nitrogen and oxygen atoms in total. The summed E-state index contributed by atoms with van der Waals surface area (Å²) >= 11 is 0. The van der Waals surface area contributed by atoms with E-state index < -0.39 is 36.1 Å². The summed E-state index contributed by atoms with van der Waals surface area (Å²) in [6.07, 6.45) is 0.374. The minimum Gasteiger partial charge on any atom is -0.496 e. The van der Waals surface area contributed by atoms with Crippen molar-refractivity contribution in [2.24, 2.45) is 11.8 Å². The van der Waals surface area contributed by atoms with Crippen molar-refractivity contribution in [1.29, 1.82) is 5.26 Å². The van der Waals surface area contributed by atoms with Gasteiger partial charge in [0.2, 0.25) is 5.91 Å². The van der Waals surface area contributed by atoms with Gasteiger partial charge in [-0.3, -0.25) is 29.6 Å². The molecule has 0 unspecified atom stereocenters. The van der Waals surface area contributed by atoms with Crippen LogP contribution < -0.4 is 20.8 Å². The lowest BCUT2D eigenvalue weighted by Crippen LogP contribution is -2.55. The summed E-state index contributed by atoms with van der Waals surface area (Å²) in [5.41, 5.74) is 3.49. The summed E-state index contributed by atoms with van der Waals surface area (Å²) < 4.78 is 5.34. The third-order valence-electron chi connectivity index (χ3n) is 5.76. The van der Waals surface area contributed by atoms with E-state index in [2.05, 4.69) is 21.0 Å². The average Bonchev–Trinajstić information content (AvgIpc) is 3.43. The van der Waals surface area contributed by atoms with Crippen molar-refractivity contribution in [2.45, 2.75) is 39.2 Å². The first kappa shape index (κ1) is 25.6. The predicted octanol–water partition coefficient (Wildman–Crippen LogP) is 1.23. The molecule has 0 saturated carbocycles. The second kappa shape index (κ2) is 11.4. The van der Waals surface area contributed by atoms with Crippen LogP contribution in [0.2, 0.25) is 0 Å². The van der Waals surface area contributed by atoms with Gasteiger partial charge in [0, 0.05) is 17.4 Å². The van der Waals surface area contributed by atoms with Gasteiger partial charge in [0.05, 0.1) is 25.6 Å². The largest absolute Gasteiger partial charge is 0.496 e. The molecule has 1 aromatic carbocycles. The normalized spacial score (nSPS) is 15.9. The summed E-state index contributed by atoms with van der Waals surface area (Å²) in [7, 11) is 1.54. The molecule has 2 aromatic rings. The summed E-state index contributed by atoms with van der Waals surface area (Å²) in [5.74, 6) is -1.76. The van der Waals surface area contributed by atoms with E-state index >= 15 is 0 Å². The molecule has 3 rings (SSSR count).